The molecule has 4 heteroatoms. The van der Waals surface area contributed by atoms with Gasteiger partial charge in [-0.15, -0.1) is 0 Å². The summed E-state index contributed by atoms with van der Waals surface area (Å²) in [6.45, 7) is 1.59. The van der Waals surface area contributed by atoms with E-state index in [0.29, 0.717) is 5.75 Å². The molecular formula is C8H10N2O2. The van der Waals surface area contributed by atoms with Crippen molar-refractivity contribution in [2.24, 2.45) is 5.73 Å². The van der Waals surface area contributed by atoms with Gasteiger partial charge in [-0.1, -0.05) is 0 Å². The number of hydrogen-bond acceptors (Lipinski definition) is 3. The molecule has 64 valence electrons. The maximum atomic E-state index is 10.6. The highest BCUT2D eigenvalue weighted by Gasteiger charge is 2.09. The van der Waals surface area contributed by atoms with Crippen LogP contribution >= 0.6 is 0 Å². The molecule has 1 aromatic rings. The smallest absolute Gasteiger partial charge is 0.258 e. The molecule has 1 heterocycles. The number of hydrogen-bond donors (Lipinski definition) is 1. The highest BCUT2D eigenvalue weighted by Crippen LogP contribution is 2.08. The number of primary amides is 1. The monoisotopic (exact) mass is 166 g/mol. The third-order valence-electron chi connectivity index (χ3n) is 1.35. The highest BCUT2D eigenvalue weighted by atomic mass is 16.5. The van der Waals surface area contributed by atoms with Gasteiger partial charge in [-0.05, 0) is 19.1 Å². The van der Waals surface area contributed by atoms with Crippen molar-refractivity contribution >= 4 is 5.91 Å². The van der Waals surface area contributed by atoms with E-state index in [1.54, 1.807) is 25.3 Å². The van der Waals surface area contributed by atoms with Gasteiger partial charge in [-0.3, -0.25) is 9.78 Å². The van der Waals surface area contributed by atoms with Crippen molar-refractivity contribution in [1.82, 2.24) is 4.98 Å². The Morgan fingerprint density at radius 1 is 1.75 bits per heavy atom. The Morgan fingerprint density at radius 2 is 2.50 bits per heavy atom. The molecule has 0 aromatic carbocycles. The summed E-state index contributed by atoms with van der Waals surface area (Å²) >= 11 is 0. The Kier molecular flexibility index (Phi) is 2.63. The first-order chi connectivity index (χ1) is 5.70. The van der Waals surface area contributed by atoms with Crippen molar-refractivity contribution < 1.29 is 9.53 Å². The van der Waals surface area contributed by atoms with E-state index in [1.165, 1.54) is 6.20 Å². The van der Waals surface area contributed by atoms with E-state index < -0.39 is 12.0 Å². The number of pyridine rings is 1. The number of aromatic nitrogens is 1. The number of amides is 1. The summed E-state index contributed by atoms with van der Waals surface area (Å²) in [6.07, 6.45) is 2.54. The molecule has 1 rings (SSSR count). The maximum Gasteiger partial charge on any atom is 0.258 e. The third-order valence-corrected chi connectivity index (χ3v) is 1.35. The van der Waals surface area contributed by atoms with Crippen LogP contribution < -0.4 is 10.5 Å². The average Bonchev–Trinajstić information content (AvgIpc) is 2.06. The second-order valence-corrected chi connectivity index (χ2v) is 2.35. The van der Waals surface area contributed by atoms with Crippen LogP contribution in [0.15, 0.2) is 24.5 Å². The molecule has 0 saturated heterocycles. The summed E-state index contributed by atoms with van der Waals surface area (Å²) in [6, 6.07) is 3.44. The first kappa shape index (κ1) is 8.52. The summed E-state index contributed by atoms with van der Waals surface area (Å²) in [5.74, 6) is 0.0580. The zero-order chi connectivity index (χ0) is 8.97. The van der Waals surface area contributed by atoms with Crippen LogP contribution in [0.25, 0.3) is 0 Å². The van der Waals surface area contributed by atoms with Crippen molar-refractivity contribution in [3.8, 4) is 5.75 Å². The number of carbonyl (C=O) groups excluding carboxylic acids is 1. The van der Waals surface area contributed by atoms with E-state index in [0.717, 1.165) is 0 Å². The molecule has 0 aliphatic rings. The Balaban J connectivity index is 2.58. The van der Waals surface area contributed by atoms with Gasteiger partial charge in [0.05, 0.1) is 6.20 Å². The van der Waals surface area contributed by atoms with Crippen LogP contribution in [0.2, 0.25) is 0 Å². The van der Waals surface area contributed by atoms with Crippen molar-refractivity contribution in [3.05, 3.63) is 24.5 Å². The van der Waals surface area contributed by atoms with Crippen LogP contribution in [-0.2, 0) is 4.79 Å². The Hall–Kier alpha value is -1.58. The fraction of sp³-hybridized carbons (Fsp3) is 0.250. The quantitative estimate of drug-likeness (QED) is 0.703. The van der Waals surface area contributed by atoms with Gasteiger partial charge in [-0.2, -0.15) is 0 Å². The number of rotatable bonds is 3. The van der Waals surface area contributed by atoms with Gasteiger partial charge < -0.3 is 10.5 Å². The predicted molar refractivity (Wildman–Crippen MR) is 43.5 cm³/mol. The van der Waals surface area contributed by atoms with E-state index in [1.807, 2.05) is 0 Å². The molecule has 0 radical (unpaired) electrons. The molecule has 0 aliphatic heterocycles. The Morgan fingerprint density at radius 3 is 3.00 bits per heavy atom. The summed E-state index contributed by atoms with van der Waals surface area (Å²) in [7, 11) is 0. The standard InChI is InChI=1S/C8H10N2O2/c1-6(8(9)11)12-7-3-2-4-10-5-7/h2-6H,1H3,(H2,9,11). The second-order valence-electron chi connectivity index (χ2n) is 2.35. The largest absolute Gasteiger partial charge is 0.479 e. The molecule has 4 nitrogen and oxygen atoms in total. The van der Waals surface area contributed by atoms with Crippen molar-refractivity contribution in [1.29, 1.82) is 0 Å². The SMILES string of the molecule is CC(Oc1cccnc1)C(N)=O. The van der Waals surface area contributed by atoms with Crippen LogP contribution in [0.3, 0.4) is 0 Å². The van der Waals surface area contributed by atoms with Gasteiger partial charge >= 0.3 is 0 Å². The summed E-state index contributed by atoms with van der Waals surface area (Å²) in [5.41, 5.74) is 5.00. The number of carbonyl (C=O) groups is 1. The van der Waals surface area contributed by atoms with Crippen LogP contribution in [0.1, 0.15) is 6.92 Å². The molecule has 2 N–H and O–H groups in total. The number of nitrogens with zero attached hydrogens (tertiary/aromatic N) is 1. The average molecular weight is 166 g/mol. The van der Waals surface area contributed by atoms with Gasteiger partial charge in [0.25, 0.3) is 5.91 Å². The lowest BCUT2D eigenvalue weighted by molar-refractivity contribution is -0.123. The molecule has 0 spiro atoms. The van der Waals surface area contributed by atoms with Crippen LogP contribution in [0, 0.1) is 0 Å². The highest BCUT2D eigenvalue weighted by molar-refractivity contribution is 5.78. The molecule has 12 heavy (non-hydrogen) atoms. The van der Waals surface area contributed by atoms with Crippen LogP contribution in [-0.4, -0.2) is 17.0 Å². The first-order valence-electron chi connectivity index (χ1n) is 3.56. The Labute approximate surface area is 70.4 Å². The fourth-order valence-corrected chi connectivity index (χ4v) is 0.679. The number of nitrogens with two attached hydrogens (primary N) is 1. The van der Waals surface area contributed by atoms with Crippen molar-refractivity contribution in [3.63, 3.8) is 0 Å². The van der Waals surface area contributed by atoms with E-state index in [9.17, 15) is 4.79 Å². The topological polar surface area (TPSA) is 65.2 Å². The predicted octanol–water partition coefficient (Wildman–Crippen LogP) is 0.334. The lowest BCUT2D eigenvalue weighted by Gasteiger charge is -2.09. The van der Waals surface area contributed by atoms with Gasteiger partial charge in [0, 0.05) is 6.20 Å². The molecule has 0 aliphatic carbocycles. The molecule has 1 amide bonds. The minimum absolute atomic E-state index is 0.487. The molecule has 0 saturated carbocycles. The molecule has 0 bridgehead atoms. The third kappa shape index (κ3) is 2.23. The van der Waals surface area contributed by atoms with Crippen LogP contribution in [0.5, 0.6) is 5.75 Å². The lowest BCUT2D eigenvalue weighted by Crippen LogP contribution is -2.30. The maximum absolute atomic E-state index is 10.6. The van der Waals surface area contributed by atoms with Crippen LogP contribution in [0.4, 0.5) is 0 Å². The summed E-state index contributed by atoms with van der Waals surface area (Å²) in [5, 5.41) is 0. The lowest BCUT2D eigenvalue weighted by atomic mass is 10.4. The fourth-order valence-electron chi connectivity index (χ4n) is 0.679. The second kappa shape index (κ2) is 3.71. The van der Waals surface area contributed by atoms with E-state index in [-0.39, 0.29) is 0 Å². The normalized spacial score (nSPS) is 12.1. The van der Waals surface area contributed by atoms with Gasteiger partial charge in [0.1, 0.15) is 5.75 Å². The minimum atomic E-state index is -0.616. The summed E-state index contributed by atoms with van der Waals surface area (Å²) in [4.78, 5) is 14.4. The molecule has 1 atom stereocenters. The Bertz CT molecular complexity index is 261. The molecule has 1 aromatic heterocycles. The zero-order valence-corrected chi connectivity index (χ0v) is 6.73. The van der Waals surface area contributed by atoms with Gasteiger partial charge in [-0.25, -0.2) is 0 Å². The van der Waals surface area contributed by atoms with E-state index in [2.05, 4.69) is 4.98 Å². The minimum Gasteiger partial charge on any atom is -0.479 e. The van der Waals surface area contributed by atoms with E-state index >= 15 is 0 Å². The molecular weight excluding hydrogens is 156 g/mol. The first-order valence-corrected chi connectivity index (χ1v) is 3.56. The van der Waals surface area contributed by atoms with Crippen molar-refractivity contribution in [2.75, 3.05) is 0 Å². The molecule has 0 fully saturated rings. The zero-order valence-electron chi connectivity index (χ0n) is 6.73. The number of ether oxygens (including phenoxy) is 1. The van der Waals surface area contributed by atoms with Gasteiger partial charge in [0.15, 0.2) is 6.10 Å². The van der Waals surface area contributed by atoms with E-state index in [4.69, 9.17) is 10.5 Å². The van der Waals surface area contributed by atoms with Crippen molar-refractivity contribution in [2.45, 2.75) is 13.0 Å². The molecule has 1 unspecified atom stereocenters. The summed E-state index contributed by atoms with van der Waals surface area (Å²) < 4.78 is 5.14. The van der Waals surface area contributed by atoms with Gasteiger partial charge in [0.2, 0.25) is 0 Å².